The lowest BCUT2D eigenvalue weighted by Gasteiger charge is -2.28. The first kappa shape index (κ1) is 17.8. The van der Waals surface area contributed by atoms with E-state index in [-0.39, 0.29) is 23.6 Å². The van der Waals surface area contributed by atoms with Gasteiger partial charge in [-0.2, -0.15) is 0 Å². The van der Waals surface area contributed by atoms with Gasteiger partial charge in [-0.25, -0.2) is 18.4 Å². The zero-order valence-corrected chi connectivity index (χ0v) is 14.8. The van der Waals surface area contributed by atoms with Gasteiger partial charge in [0.15, 0.2) is 9.84 Å². The van der Waals surface area contributed by atoms with E-state index in [4.69, 9.17) is 4.74 Å². The van der Waals surface area contributed by atoms with Gasteiger partial charge in [0.25, 0.3) is 0 Å². The molecule has 7 nitrogen and oxygen atoms in total. The van der Waals surface area contributed by atoms with Gasteiger partial charge in [-0.05, 0) is 30.3 Å². The highest BCUT2D eigenvalue weighted by atomic mass is 32.2. The van der Waals surface area contributed by atoms with E-state index in [0.29, 0.717) is 18.8 Å². The van der Waals surface area contributed by atoms with E-state index in [0.717, 1.165) is 5.56 Å². The second-order valence-corrected chi connectivity index (χ2v) is 8.21. The van der Waals surface area contributed by atoms with Crippen molar-refractivity contribution in [1.82, 2.24) is 14.9 Å². The van der Waals surface area contributed by atoms with Crippen LogP contribution in [-0.4, -0.2) is 58.6 Å². The number of aromatic nitrogens is 2. The van der Waals surface area contributed by atoms with Gasteiger partial charge < -0.3 is 9.84 Å². The summed E-state index contributed by atoms with van der Waals surface area (Å²) in [5, 5.41) is 10.1. The maximum Gasteiger partial charge on any atom is 0.321 e. The van der Waals surface area contributed by atoms with Gasteiger partial charge in [0.2, 0.25) is 0 Å². The number of aliphatic hydroxyl groups is 1. The molecule has 0 radical (unpaired) electrons. The van der Waals surface area contributed by atoms with Crippen LogP contribution in [0.15, 0.2) is 42.7 Å². The molecule has 3 rings (SSSR count). The Kier molecular flexibility index (Phi) is 5.31. The molecule has 1 aliphatic heterocycles. The summed E-state index contributed by atoms with van der Waals surface area (Å²) in [7, 11) is -3.16. The molecule has 134 valence electrons. The van der Waals surface area contributed by atoms with E-state index in [1.165, 1.54) is 0 Å². The molecule has 0 spiro atoms. The van der Waals surface area contributed by atoms with E-state index in [2.05, 4.69) is 9.97 Å². The minimum atomic E-state index is -3.16. The fourth-order valence-corrected chi connectivity index (χ4v) is 4.80. The van der Waals surface area contributed by atoms with Gasteiger partial charge in [0.05, 0.1) is 23.7 Å². The van der Waals surface area contributed by atoms with Crippen LogP contribution in [0.1, 0.15) is 12.5 Å². The van der Waals surface area contributed by atoms with Crippen molar-refractivity contribution in [3.05, 3.63) is 48.3 Å². The van der Waals surface area contributed by atoms with Crippen molar-refractivity contribution < 1.29 is 18.3 Å². The number of benzene rings is 1. The average molecular weight is 363 g/mol. The number of rotatable bonds is 6. The lowest BCUT2D eigenvalue weighted by molar-refractivity contribution is 0.0818. The van der Waals surface area contributed by atoms with Crippen LogP contribution in [0.5, 0.6) is 11.8 Å². The molecule has 1 fully saturated rings. The third kappa shape index (κ3) is 4.53. The molecule has 1 saturated heterocycles. The van der Waals surface area contributed by atoms with E-state index in [1.54, 1.807) is 18.5 Å². The number of likely N-dealkylation sites (N-methyl/N-ethyl adjacent to an activating group) is 1. The second kappa shape index (κ2) is 7.47. The summed E-state index contributed by atoms with van der Waals surface area (Å²) in [4.78, 5) is 10.0. The number of aliphatic hydroxyl groups excluding tert-OH is 1. The van der Waals surface area contributed by atoms with Crippen molar-refractivity contribution in [1.29, 1.82) is 0 Å². The third-order valence-corrected chi connectivity index (χ3v) is 5.93. The van der Waals surface area contributed by atoms with Crippen LogP contribution in [0.25, 0.3) is 0 Å². The molecule has 0 bridgehead atoms. The van der Waals surface area contributed by atoms with Crippen LogP contribution < -0.4 is 4.74 Å². The zero-order chi connectivity index (χ0) is 17.9. The predicted molar refractivity (Wildman–Crippen MR) is 93.1 cm³/mol. The van der Waals surface area contributed by atoms with Gasteiger partial charge in [-0.1, -0.05) is 19.1 Å². The SMILES string of the molecule is CCN(Cc1ccc(Oc2ncccn2)cc1)[C@H]1CS(=O)(=O)C[C@@H]1O. The normalized spacial score (nSPS) is 22.2. The largest absolute Gasteiger partial charge is 0.424 e. The van der Waals surface area contributed by atoms with Gasteiger partial charge >= 0.3 is 6.01 Å². The molecular weight excluding hydrogens is 342 g/mol. The zero-order valence-electron chi connectivity index (χ0n) is 13.9. The summed E-state index contributed by atoms with van der Waals surface area (Å²) in [5.74, 6) is 0.480. The van der Waals surface area contributed by atoms with E-state index in [1.807, 2.05) is 36.1 Å². The van der Waals surface area contributed by atoms with Crippen LogP contribution in [0.2, 0.25) is 0 Å². The summed E-state index contributed by atoms with van der Waals surface area (Å²) in [6.07, 6.45) is 2.39. The quantitative estimate of drug-likeness (QED) is 0.825. The van der Waals surface area contributed by atoms with Crippen molar-refractivity contribution in [3.8, 4) is 11.8 Å². The monoisotopic (exact) mass is 363 g/mol. The van der Waals surface area contributed by atoms with Crippen molar-refractivity contribution in [2.75, 3.05) is 18.1 Å². The molecule has 25 heavy (non-hydrogen) atoms. The maximum atomic E-state index is 11.7. The molecule has 1 aromatic carbocycles. The number of ether oxygens (including phenoxy) is 1. The number of hydrogen-bond acceptors (Lipinski definition) is 7. The van der Waals surface area contributed by atoms with Crippen LogP contribution >= 0.6 is 0 Å². The Morgan fingerprint density at radius 2 is 1.88 bits per heavy atom. The first-order chi connectivity index (χ1) is 12.0. The number of hydrogen-bond donors (Lipinski definition) is 1. The second-order valence-electron chi connectivity index (χ2n) is 6.05. The van der Waals surface area contributed by atoms with E-state index >= 15 is 0 Å². The minimum Gasteiger partial charge on any atom is -0.424 e. The lowest BCUT2D eigenvalue weighted by atomic mass is 10.1. The molecule has 0 unspecified atom stereocenters. The first-order valence-corrected chi connectivity index (χ1v) is 9.95. The van der Waals surface area contributed by atoms with Crippen LogP contribution in [0.3, 0.4) is 0 Å². The Morgan fingerprint density at radius 3 is 2.44 bits per heavy atom. The van der Waals surface area contributed by atoms with E-state index < -0.39 is 15.9 Å². The van der Waals surface area contributed by atoms with Crippen molar-refractivity contribution in [2.24, 2.45) is 0 Å². The van der Waals surface area contributed by atoms with Crippen LogP contribution in [0.4, 0.5) is 0 Å². The average Bonchev–Trinajstić information content (AvgIpc) is 2.87. The van der Waals surface area contributed by atoms with Gasteiger partial charge in [0.1, 0.15) is 5.75 Å². The van der Waals surface area contributed by atoms with Gasteiger partial charge in [0, 0.05) is 18.9 Å². The topological polar surface area (TPSA) is 92.6 Å². The Bertz CT molecular complexity index is 796. The van der Waals surface area contributed by atoms with Gasteiger partial charge in [-0.3, -0.25) is 4.90 Å². The highest BCUT2D eigenvalue weighted by Crippen LogP contribution is 2.22. The van der Waals surface area contributed by atoms with E-state index in [9.17, 15) is 13.5 Å². The van der Waals surface area contributed by atoms with Crippen LogP contribution in [0, 0.1) is 0 Å². The lowest BCUT2D eigenvalue weighted by Crippen LogP contribution is -2.42. The molecule has 0 amide bonds. The molecule has 1 aromatic heterocycles. The summed E-state index contributed by atoms with van der Waals surface area (Å²) >= 11 is 0. The summed E-state index contributed by atoms with van der Waals surface area (Å²) < 4.78 is 29.0. The smallest absolute Gasteiger partial charge is 0.321 e. The minimum absolute atomic E-state index is 0.00848. The standard InChI is InChI=1S/C17H21N3O4S/c1-2-20(15-11-25(22,23)12-16(15)21)10-13-4-6-14(7-5-13)24-17-18-8-3-9-19-17/h3-9,15-16,21H,2,10-12H2,1H3/t15-,16-/m0/s1. The molecular formula is C17H21N3O4S. The molecule has 2 aromatic rings. The summed E-state index contributed by atoms with van der Waals surface area (Å²) in [5.41, 5.74) is 1.01. The maximum absolute atomic E-state index is 11.7. The van der Waals surface area contributed by atoms with Crippen molar-refractivity contribution >= 4 is 9.84 Å². The van der Waals surface area contributed by atoms with Gasteiger partial charge in [-0.15, -0.1) is 0 Å². The highest BCUT2D eigenvalue weighted by Gasteiger charge is 2.39. The number of nitrogens with zero attached hydrogens (tertiary/aromatic N) is 3. The molecule has 1 aliphatic rings. The molecule has 1 N–H and O–H groups in total. The molecule has 8 heteroatoms. The Labute approximate surface area is 147 Å². The third-order valence-electron chi connectivity index (χ3n) is 4.23. The number of sulfone groups is 1. The van der Waals surface area contributed by atoms with Crippen molar-refractivity contribution in [3.63, 3.8) is 0 Å². The fraction of sp³-hybridized carbons (Fsp3) is 0.412. The Balaban J connectivity index is 1.66. The van der Waals surface area contributed by atoms with Crippen LogP contribution in [-0.2, 0) is 16.4 Å². The molecule has 2 atom stereocenters. The summed E-state index contributed by atoms with van der Waals surface area (Å²) in [6, 6.07) is 9.11. The molecule has 2 heterocycles. The fourth-order valence-electron chi connectivity index (χ4n) is 2.96. The molecule has 0 aliphatic carbocycles. The van der Waals surface area contributed by atoms with Crippen molar-refractivity contribution in [2.45, 2.75) is 25.6 Å². The first-order valence-electron chi connectivity index (χ1n) is 8.13. The summed E-state index contributed by atoms with van der Waals surface area (Å²) in [6.45, 7) is 3.19. The Hall–Kier alpha value is -2.03. The highest BCUT2D eigenvalue weighted by molar-refractivity contribution is 7.91. The molecule has 0 saturated carbocycles. The predicted octanol–water partition coefficient (Wildman–Crippen LogP) is 1.25. The Morgan fingerprint density at radius 1 is 1.20 bits per heavy atom.